The van der Waals surface area contributed by atoms with Crippen LogP contribution in [0, 0.1) is 11.8 Å². The van der Waals surface area contributed by atoms with Gasteiger partial charge >= 0.3 is 25.4 Å². The predicted octanol–water partition coefficient (Wildman–Crippen LogP) is 3.70. The van der Waals surface area contributed by atoms with E-state index in [9.17, 15) is 9.90 Å². The summed E-state index contributed by atoms with van der Waals surface area (Å²) in [5.74, 6) is 1.21. The first kappa shape index (κ1) is 23.2. The standard InChI is InChI=1S/C7H6O3.2C4H9.Zn/c8-6-4-2-1-3-5(6)7(9)10;2*1-4(2)3;/h1-4,8H,(H,9,10);2*1-3H3;/q;2*-1;+2/p-1. The number of para-hydroxylation sites is 1. The van der Waals surface area contributed by atoms with Crippen molar-refractivity contribution in [1.29, 1.82) is 0 Å². The normalized spacial score (nSPS) is 8.63. The van der Waals surface area contributed by atoms with E-state index in [1.807, 2.05) is 0 Å². The number of benzene rings is 1. The fraction of sp³-hybridized carbons (Fsp3) is 0.400. The van der Waals surface area contributed by atoms with E-state index in [2.05, 4.69) is 41.5 Å². The molecule has 0 aliphatic heterocycles. The Labute approximate surface area is 129 Å². The largest absolute Gasteiger partial charge is 2.00 e. The van der Waals surface area contributed by atoms with Gasteiger partial charge in [-0.3, -0.25) is 0 Å². The zero-order valence-corrected chi connectivity index (χ0v) is 15.7. The van der Waals surface area contributed by atoms with Crippen LogP contribution in [0.25, 0.3) is 0 Å². The number of carbonyl (C=O) groups is 1. The smallest absolute Gasteiger partial charge is 0.872 e. The molecule has 0 saturated heterocycles. The summed E-state index contributed by atoms with van der Waals surface area (Å²) >= 11 is 0. The molecule has 0 amide bonds. The van der Waals surface area contributed by atoms with Gasteiger partial charge in [0, 0.05) is 0 Å². The molecular weight excluding hydrogens is 294 g/mol. The molecule has 0 unspecified atom stereocenters. The van der Waals surface area contributed by atoms with Crippen LogP contribution in [0.4, 0.5) is 0 Å². The van der Waals surface area contributed by atoms with Crippen LogP contribution in [0.3, 0.4) is 0 Å². The maximum absolute atomic E-state index is 10.7. The zero-order chi connectivity index (χ0) is 14.7. The second-order valence-corrected chi connectivity index (χ2v) is 4.80. The molecule has 0 heterocycles. The van der Waals surface area contributed by atoms with Gasteiger partial charge in [0.25, 0.3) is 0 Å². The van der Waals surface area contributed by atoms with Crippen LogP contribution in [-0.2, 0) is 19.5 Å². The minimum absolute atomic E-state index is 0. The van der Waals surface area contributed by atoms with E-state index in [4.69, 9.17) is 5.11 Å². The summed E-state index contributed by atoms with van der Waals surface area (Å²) in [4.78, 5) is 10.2. The van der Waals surface area contributed by atoms with E-state index in [1.54, 1.807) is 0 Å². The molecule has 1 N–H and O–H groups in total. The molecule has 0 radical (unpaired) electrons. The fourth-order valence-electron chi connectivity index (χ4n) is 0.643. The second kappa shape index (κ2) is 13.5. The second-order valence-electron chi connectivity index (χ2n) is 4.80. The molecule has 0 aliphatic carbocycles. The number of hydrogen-bond donors (Lipinski definition) is 1. The molecule has 104 valence electrons. The predicted molar refractivity (Wildman–Crippen MR) is 73.4 cm³/mol. The molecule has 0 spiro atoms. The van der Waals surface area contributed by atoms with Crippen molar-refractivity contribution in [3.05, 3.63) is 41.7 Å². The molecule has 0 atom stereocenters. The zero-order valence-electron chi connectivity index (χ0n) is 12.8. The average molecular weight is 317 g/mol. The van der Waals surface area contributed by atoms with Crippen LogP contribution in [0.5, 0.6) is 5.75 Å². The molecule has 4 heteroatoms. The number of aromatic carboxylic acids is 1. The minimum Gasteiger partial charge on any atom is -0.872 e. The Morgan fingerprint density at radius 2 is 1.32 bits per heavy atom. The van der Waals surface area contributed by atoms with E-state index >= 15 is 0 Å². The molecule has 1 rings (SSSR count). The van der Waals surface area contributed by atoms with E-state index < -0.39 is 11.7 Å². The van der Waals surface area contributed by atoms with Crippen molar-refractivity contribution in [2.75, 3.05) is 0 Å². The van der Waals surface area contributed by atoms with Crippen LogP contribution < -0.4 is 5.11 Å². The van der Waals surface area contributed by atoms with Gasteiger partial charge in [-0.25, -0.2) is 4.79 Å². The van der Waals surface area contributed by atoms with Crippen molar-refractivity contribution in [1.82, 2.24) is 0 Å². The van der Waals surface area contributed by atoms with Crippen LogP contribution in [0.15, 0.2) is 24.3 Å². The van der Waals surface area contributed by atoms with Gasteiger partial charge in [0.2, 0.25) is 0 Å². The summed E-state index contributed by atoms with van der Waals surface area (Å²) in [7, 11) is 0. The number of carboxylic acids is 1. The Bertz CT molecular complexity index is 324. The maximum Gasteiger partial charge on any atom is 2.00 e. The van der Waals surface area contributed by atoms with Gasteiger partial charge in [-0.2, -0.15) is 41.5 Å². The van der Waals surface area contributed by atoms with Crippen LogP contribution in [0.2, 0.25) is 0 Å². The Morgan fingerprint density at radius 1 is 1.00 bits per heavy atom. The quantitative estimate of drug-likeness (QED) is 0.635. The molecule has 1 aromatic rings. The molecule has 19 heavy (non-hydrogen) atoms. The SMILES string of the molecule is C[C-](C)C.C[C-](C)C.O=C(O)c1ccccc1[O-].[Zn+2]. The van der Waals surface area contributed by atoms with Crippen molar-refractivity contribution in [2.24, 2.45) is 0 Å². The molecule has 0 saturated carbocycles. The van der Waals surface area contributed by atoms with Gasteiger partial charge in [-0.05, 0) is 6.07 Å². The first-order chi connectivity index (χ1) is 8.18. The fourth-order valence-corrected chi connectivity index (χ4v) is 0.643. The number of rotatable bonds is 1. The Hall–Kier alpha value is -0.887. The summed E-state index contributed by atoms with van der Waals surface area (Å²) in [5.41, 5.74) is -0.178. The van der Waals surface area contributed by atoms with E-state index in [0.717, 1.165) is 0 Å². The van der Waals surface area contributed by atoms with E-state index in [1.165, 1.54) is 36.1 Å². The van der Waals surface area contributed by atoms with Crippen LogP contribution in [-0.4, -0.2) is 11.1 Å². The summed E-state index contributed by atoms with van der Waals surface area (Å²) in [6.45, 7) is 12.5. The van der Waals surface area contributed by atoms with Crippen molar-refractivity contribution in [3.8, 4) is 5.75 Å². The third-order valence-electron chi connectivity index (χ3n) is 1.12. The van der Waals surface area contributed by atoms with Crippen molar-refractivity contribution < 1.29 is 34.5 Å². The molecule has 3 nitrogen and oxygen atoms in total. The maximum atomic E-state index is 10.7. The van der Waals surface area contributed by atoms with Crippen molar-refractivity contribution in [2.45, 2.75) is 41.5 Å². The van der Waals surface area contributed by atoms with Gasteiger partial charge in [0.1, 0.15) is 0 Å². The van der Waals surface area contributed by atoms with Crippen molar-refractivity contribution >= 4 is 5.97 Å². The monoisotopic (exact) mass is 315 g/mol. The third-order valence-corrected chi connectivity index (χ3v) is 1.12. The van der Waals surface area contributed by atoms with E-state index in [-0.39, 0.29) is 25.0 Å². The first-order valence-electron chi connectivity index (χ1n) is 5.71. The summed E-state index contributed by atoms with van der Waals surface area (Å²) in [5, 5.41) is 19.0. The summed E-state index contributed by atoms with van der Waals surface area (Å²) in [6, 6.07) is 5.54. The summed E-state index contributed by atoms with van der Waals surface area (Å²) < 4.78 is 0. The average Bonchev–Trinajstić information content (AvgIpc) is 2.15. The molecule has 0 fully saturated rings. The van der Waals surface area contributed by atoms with Crippen LogP contribution >= 0.6 is 0 Å². The third kappa shape index (κ3) is 19.6. The van der Waals surface area contributed by atoms with Gasteiger partial charge < -0.3 is 22.0 Å². The van der Waals surface area contributed by atoms with Gasteiger partial charge in [0.15, 0.2) is 0 Å². The molecule has 0 bridgehead atoms. The minimum atomic E-state index is -1.18. The number of hydrogen-bond acceptors (Lipinski definition) is 2. The topological polar surface area (TPSA) is 60.4 Å². The molecule has 0 aliphatic rings. The van der Waals surface area contributed by atoms with E-state index in [0.29, 0.717) is 0 Å². The van der Waals surface area contributed by atoms with Gasteiger partial charge in [-0.1, -0.05) is 23.9 Å². The Morgan fingerprint density at radius 3 is 1.53 bits per heavy atom. The van der Waals surface area contributed by atoms with Crippen LogP contribution in [0.1, 0.15) is 51.9 Å². The number of carboxylic acid groups (broad SMARTS) is 1. The Balaban J connectivity index is -0.000000242. The molecular formula is C15H23O3Zn-. The molecule has 0 aromatic heterocycles. The molecule has 1 aromatic carbocycles. The summed E-state index contributed by atoms with van der Waals surface area (Å²) in [6.07, 6.45) is 0. The van der Waals surface area contributed by atoms with Gasteiger partial charge in [-0.15, -0.1) is 0 Å². The van der Waals surface area contributed by atoms with Gasteiger partial charge in [0.05, 0.1) is 5.56 Å². The Kier molecular flexibility index (Phi) is 16.6. The van der Waals surface area contributed by atoms with Crippen molar-refractivity contribution in [3.63, 3.8) is 0 Å². The first-order valence-corrected chi connectivity index (χ1v) is 5.71.